The molecule has 2 aromatic heterocycles. The number of H-pyrrole nitrogens is 1. The first-order valence-electron chi connectivity index (χ1n) is 5.54. The van der Waals surface area contributed by atoms with Crippen LogP contribution in [0.4, 0.5) is 5.69 Å². The lowest BCUT2D eigenvalue weighted by atomic mass is 10.3. The summed E-state index contributed by atoms with van der Waals surface area (Å²) in [5.41, 5.74) is 3.40. The molecule has 0 fully saturated rings. The third kappa shape index (κ3) is 2.17. The molecule has 0 bridgehead atoms. The number of rotatable bonds is 3. The van der Waals surface area contributed by atoms with Crippen molar-refractivity contribution in [3.8, 4) is 0 Å². The Morgan fingerprint density at radius 2 is 2.29 bits per heavy atom. The van der Waals surface area contributed by atoms with Crippen LogP contribution in [-0.2, 0) is 6.54 Å². The van der Waals surface area contributed by atoms with Crippen molar-refractivity contribution in [3.63, 3.8) is 0 Å². The van der Waals surface area contributed by atoms with Gasteiger partial charge in [0.05, 0.1) is 21.8 Å². The summed E-state index contributed by atoms with van der Waals surface area (Å²) in [7, 11) is 0. The summed E-state index contributed by atoms with van der Waals surface area (Å²) in [6.07, 6.45) is 1.94. The summed E-state index contributed by atoms with van der Waals surface area (Å²) in [6.45, 7) is 2.85. The normalized spacial score (nSPS) is 10.9. The van der Waals surface area contributed by atoms with Gasteiger partial charge in [-0.05, 0) is 37.3 Å². The van der Waals surface area contributed by atoms with E-state index in [1.165, 1.54) is 10.4 Å². The minimum absolute atomic E-state index is 0.816. The fraction of sp³-hybridized carbons (Fsp3) is 0.154. The van der Waals surface area contributed by atoms with Crippen LogP contribution in [0.3, 0.4) is 0 Å². The smallest absolute Gasteiger partial charge is 0.0907 e. The molecule has 0 saturated heterocycles. The van der Waals surface area contributed by atoms with Gasteiger partial charge in [0, 0.05) is 17.6 Å². The Hall–Kier alpha value is -1.81. The number of benzene rings is 1. The quantitative estimate of drug-likeness (QED) is 0.738. The van der Waals surface area contributed by atoms with Crippen molar-refractivity contribution < 1.29 is 0 Å². The predicted octanol–water partition coefficient (Wildman–Crippen LogP) is 3.54. The van der Waals surface area contributed by atoms with Gasteiger partial charge in [-0.15, -0.1) is 11.3 Å². The molecule has 3 nitrogen and oxygen atoms in total. The van der Waals surface area contributed by atoms with Crippen LogP contribution in [-0.4, -0.2) is 9.97 Å². The first-order chi connectivity index (χ1) is 8.31. The van der Waals surface area contributed by atoms with Crippen molar-refractivity contribution >= 4 is 27.2 Å². The van der Waals surface area contributed by atoms with E-state index in [-0.39, 0.29) is 0 Å². The Bertz CT molecular complexity index is 625. The Labute approximate surface area is 104 Å². The number of aryl methyl sites for hydroxylation is 1. The summed E-state index contributed by atoms with van der Waals surface area (Å²) >= 11 is 1.73. The number of hydrogen-bond acceptors (Lipinski definition) is 3. The SMILES string of the molecule is Cc1nc2ccc(NCc3ccc[nH]3)cc2s1. The van der Waals surface area contributed by atoms with E-state index in [2.05, 4.69) is 39.6 Å². The van der Waals surface area contributed by atoms with Gasteiger partial charge in [0.25, 0.3) is 0 Å². The summed E-state index contributed by atoms with van der Waals surface area (Å²) in [4.78, 5) is 7.63. The van der Waals surface area contributed by atoms with Crippen molar-refractivity contribution in [2.45, 2.75) is 13.5 Å². The van der Waals surface area contributed by atoms with Crippen LogP contribution in [0.5, 0.6) is 0 Å². The van der Waals surface area contributed by atoms with Crippen LogP contribution in [0.1, 0.15) is 10.7 Å². The molecule has 0 saturated carbocycles. The van der Waals surface area contributed by atoms with Crippen LogP contribution < -0.4 is 5.32 Å². The molecular weight excluding hydrogens is 230 g/mol. The number of nitrogens with zero attached hydrogens (tertiary/aromatic N) is 1. The van der Waals surface area contributed by atoms with Crippen molar-refractivity contribution in [1.82, 2.24) is 9.97 Å². The van der Waals surface area contributed by atoms with Crippen LogP contribution in [0.15, 0.2) is 36.5 Å². The second-order valence-electron chi connectivity index (χ2n) is 3.96. The van der Waals surface area contributed by atoms with E-state index < -0.39 is 0 Å². The zero-order valence-corrected chi connectivity index (χ0v) is 10.3. The average Bonchev–Trinajstić information content (AvgIpc) is 2.92. The number of aromatic nitrogens is 2. The minimum Gasteiger partial charge on any atom is -0.379 e. The van der Waals surface area contributed by atoms with Crippen LogP contribution in [0, 0.1) is 6.92 Å². The van der Waals surface area contributed by atoms with Crippen LogP contribution >= 0.6 is 11.3 Å². The van der Waals surface area contributed by atoms with Gasteiger partial charge in [0.1, 0.15) is 0 Å². The van der Waals surface area contributed by atoms with E-state index in [0.717, 1.165) is 22.8 Å². The molecule has 2 N–H and O–H groups in total. The van der Waals surface area contributed by atoms with Gasteiger partial charge in [0.15, 0.2) is 0 Å². The highest BCUT2D eigenvalue weighted by molar-refractivity contribution is 7.18. The van der Waals surface area contributed by atoms with E-state index in [0.29, 0.717) is 0 Å². The zero-order chi connectivity index (χ0) is 11.7. The van der Waals surface area contributed by atoms with Gasteiger partial charge in [-0.2, -0.15) is 0 Å². The maximum atomic E-state index is 4.45. The van der Waals surface area contributed by atoms with Crippen molar-refractivity contribution in [1.29, 1.82) is 0 Å². The summed E-state index contributed by atoms with van der Waals surface area (Å²) in [5, 5.41) is 4.51. The van der Waals surface area contributed by atoms with E-state index >= 15 is 0 Å². The third-order valence-corrected chi connectivity index (χ3v) is 3.57. The van der Waals surface area contributed by atoms with Crippen LogP contribution in [0.25, 0.3) is 10.2 Å². The maximum absolute atomic E-state index is 4.45. The number of anilines is 1. The van der Waals surface area contributed by atoms with E-state index in [1.807, 2.05) is 19.2 Å². The molecule has 0 spiro atoms. The topological polar surface area (TPSA) is 40.7 Å². The molecule has 4 heteroatoms. The number of aromatic amines is 1. The fourth-order valence-corrected chi connectivity index (χ4v) is 2.69. The third-order valence-electron chi connectivity index (χ3n) is 2.64. The predicted molar refractivity (Wildman–Crippen MR) is 72.5 cm³/mol. The highest BCUT2D eigenvalue weighted by Crippen LogP contribution is 2.24. The highest BCUT2D eigenvalue weighted by Gasteiger charge is 2.01. The summed E-state index contributed by atoms with van der Waals surface area (Å²) in [5.74, 6) is 0. The van der Waals surface area contributed by atoms with E-state index in [1.54, 1.807) is 11.3 Å². The van der Waals surface area contributed by atoms with E-state index in [4.69, 9.17) is 0 Å². The van der Waals surface area contributed by atoms with Gasteiger partial charge >= 0.3 is 0 Å². The molecule has 0 radical (unpaired) electrons. The molecule has 0 amide bonds. The number of hydrogen-bond donors (Lipinski definition) is 2. The Morgan fingerprint density at radius 3 is 3.12 bits per heavy atom. The maximum Gasteiger partial charge on any atom is 0.0907 e. The summed E-state index contributed by atoms with van der Waals surface area (Å²) < 4.78 is 1.24. The molecule has 0 aliphatic rings. The molecule has 0 aliphatic carbocycles. The Morgan fingerprint density at radius 1 is 1.35 bits per heavy atom. The molecule has 1 aromatic carbocycles. The molecule has 17 heavy (non-hydrogen) atoms. The lowest BCUT2D eigenvalue weighted by Crippen LogP contribution is -1.98. The molecular formula is C13H13N3S. The molecule has 2 heterocycles. The van der Waals surface area contributed by atoms with Gasteiger partial charge < -0.3 is 10.3 Å². The first kappa shape index (κ1) is 10.4. The second-order valence-corrected chi connectivity index (χ2v) is 5.20. The van der Waals surface area contributed by atoms with Gasteiger partial charge in [-0.3, -0.25) is 0 Å². The molecule has 0 atom stereocenters. The highest BCUT2D eigenvalue weighted by atomic mass is 32.1. The fourth-order valence-electron chi connectivity index (χ4n) is 1.82. The molecule has 0 aliphatic heterocycles. The monoisotopic (exact) mass is 243 g/mol. The average molecular weight is 243 g/mol. The molecule has 3 aromatic rings. The molecule has 3 rings (SSSR count). The first-order valence-corrected chi connectivity index (χ1v) is 6.36. The number of thiazole rings is 1. The lowest BCUT2D eigenvalue weighted by molar-refractivity contribution is 1.08. The number of fused-ring (bicyclic) bond motifs is 1. The van der Waals surface area contributed by atoms with E-state index in [9.17, 15) is 0 Å². The minimum atomic E-state index is 0.816. The van der Waals surface area contributed by atoms with Crippen LogP contribution in [0.2, 0.25) is 0 Å². The second kappa shape index (κ2) is 4.22. The lowest BCUT2D eigenvalue weighted by Gasteiger charge is -2.04. The van der Waals surface area contributed by atoms with Crippen molar-refractivity contribution in [2.24, 2.45) is 0 Å². The molecule has 0 unspecified atom stereocenters. The Kier molecular flexibility index (Phi) is 2.57. The van der Waals surface area contributed by atoms with Gasteiger partial charge in [0.2, 0.25) is 0 Å². The Balaban J connectivity index is 1.81. The standard InChI is InChI=1S/C13H13N3S/c1-9-16-12-5-4-10(7-13(12)17-9)15-8-11-3-2-6-14-11/h2-7,14-15H,8H2,1H3. The van der Waals surface area contributed by atoms with Crippen molar-refractivity contribution in [2.75, 3.05) is 5.32 Å². The number of nitrogens with one attached hydrogen (secondary N) is 2. The van der Waals surface area contributed by atoms with Gasteiger partial charge in [-0.25, -0.2) is 4.98 Å². The zero-order valence-electron chi connectivity index (χ0n) is 9.53. The van der Waals surface area contributed by atoms with Crippen molar-refractivity contribution in [3.05, 3.63) is 47.2 Å². The summed E-state index contributed by atoms with van der Waals surface area (Å²) in [6, 6.07) is 10.4. The van der Waals surface area contributed by atoms with Gasteiger partial charge in [-0.1, -0.05) is 0 Å². The molecule has 86 valence electrons. The largest absolute Gasteiger partial charge is 0.379 e.